The third-order valence-electron chi connectivity index (χ3n) is 5.62. The molecule has 4 nitrogen and oxygen atoms in total. The van der Waals surface area contributed by atoms with Crippen LogP contribution in [0.5, 0.6) is 11.5 Å². The van der Waals surface area contributed by atoms with E-state index in [0.29, 0.717) is 28.1 Å². The number of aryl methyl sites for hydroxylation is 1. The van der Waals surface area contributed by atoms with Crippen LogP contribution in [0.4, 0.5) is 8.78 Å². The van der Waals surface area contributed by atoms with Gasteiger partial charge in [0, 0.05) is 24.2 Å². The second-order valence-corrected chi connectivity index (χ2v) is 7.64. The van der Waals surface area contributed by atoms with Gasteiger partial charge in [0.2, 0.25) is 0 Å². The molecular weight excluding hydrogens is 398 g/mol. The number of nitrogens with zero attached hydrogens (tertiary/aromatic N) is 2. The average Bonchev–Trinajstić information content (AvgIpc) is 3.11. The lowest BCUT2D eigenvalue weighted by Gasteiger charge is -2.20. The number of para-hydroxylation sites is 1. The number of pyridine rings is 1. The van der Waals surface area contributed by atoms with E-state index in [0.717, 1.165) is 22.8 Å². The van der Waals surface area contributed by atoms with Crippen molar-refractivity contribution in [1.82, 2.24) is 10.0 Å². The van der Waals surface area contributed by atoms with E-state index in [4.69, 9.17) is 9.57 Å². The van der Waals surface area contributed by atoms with Crippen molar-refractivity contribution in [3.63, 3.8) is 0 Å². The molecule has 1 aromatic heterocycles. The Hall–Kier alpha value is -3.51. The highest BCUT2D eigenvalue weighted by atomic mass is 19.1. The van der Waals surface area contributed by atoms with Gasteiger partial charge in [-0.2, -0.15) is 0 Å². The zero-order valence-corrected chi connectivity index (χ0v) is 17.3. The van der Waals surface area contributed by atoms with Crippen LogP contribution in [0.15, 0.2) is 60.7 Å². The van der Waals surface area contributed by atoms with E-state index in [-0.39, 0.29) is 11.6 Å². The molecule has 4 aromatic rings. The Kier molecular flexibility index (Phi) is 4.59. The van der Waals surface area contributed by atoms with Crippen LogP contribution >= 0.6 is 0 Å². The highest BCUT2D eigenvalue weighted by Gasteiger charge is 2.37. The maximum atomic E-state index is 14.8. The molecule has 0 saturated heterocycles. The number of hydrogen-bond donors (Lipinski definition) is 0. The zero-order valence-electron chi connectivity index (χ0n) is 17.3. The molecule has 1 aliphatic heterocycles. The molecule has 0 spiro atoms. The fourth-order valence-corrected chi connectivity index (χ4v) is 4.18. The van der Waals surface area contributed by atoms with E-state index in [1.807, 2.05) is 55.5 Å². The van der Waals surface area contributed by atoms with Gasteiger partial charge in [-0.15, -0.1) is 5.06 Å². The Morgan fingerprint density at radius 1 is 1.03 bits per heavy atom. The van der Waals surface area contributed by atoms with E-state index in [9.17, 15) is 8.78 Å². The van der Waals surface area contributed by atoms with Crippen molar-refractivity contribution >= 4 is 10.9 Å². The van der Waals surface area contributed by atoms with Crippen molar-refractivity contribution in [3.8, 4) is 22.8 Å². The molecule has 0 saturated carbocycles. The van der Waals surface area contributed by atoms with Gasteiger partial charge in [0.05, 0.1) is 18.2 Å². The Labute approximate surface area is 178 Å². The van der Waals surface area contributed by atoms with Crippen LogP contribution in [0.25, 0.3) is 22.2 Å². The number of fused-ring (bicyclic) bond motifs is 3. The van der Waals surface area contributed by atoms with Gasteiger partial charge in [-0.25, -0.2) is 13.8 Å². The predicted octanol–water partition coefficient (Wildman–Crippen LogP) is 5.83. The van der Waals surface area contributed by atoms with Crippen LogP contribution in [0.1, 0.15) is 22.7 Å². The molecule has 3 aromatic carbocycles. The number of aromatic nitrogens is 1. The molecular formula is C25H20F2N2O2. The van der Waals surface area contributed by atoms with Crippen molar-refractivity contribution in [2.24, 2.45) is 0 Å². The van der Waals surface area contributed by atoms with E-state index in [1.54, 1.807) is 19.2 Å². The minimum absolute atomic E-state index is 0.0546. The number of halogens is 2. The Balaban J connectivity index is 1.88. The lowest BCUT2D eigenvalue weighted by Crippen LogP contribution is -2.22. The quantitative estimate of drug-likeness (QED) is 0.420. The lowest BCUT2D eigenvalue weighted by atomic mass is 9.92. The Morgan fingerprint density at radius 2 is 1.77 bits per heavy atom. The summed E-state index contributed by atoms with van der Waals surface area (Å²) in [6.07, 6.45) is 0. The summed E-state index contributed by atoms with van der Waals surface area (Å²) in [6.45, 7) is 2.02. The molecule has 0 fully saturated rings. The number of hydrogen-bond acceptors (Lipinski definition) is 4. The summed E-state index contributed by atoms with van der Waals surface area (Å²) >= 11 is 0. The maximum absolute atomic E-state index is 14.8. The van der Waals surface area contributed by atoms with Gasteiger partial charge in [0.15, 0.2) is 11.6 Å². The van der Waals surface area contributed by atoms with Crippen LogP contribution < -0.4 is 9.57 Å². The van der Waals surface area contributed by atoms with Gasteiger partial charge in [-0.3, -0.25) is 0 Å². The van der Waals surface area contributed by atoms with E-state index in [1.165, 1.54) is 6.07 Å². The lowest BCUT2D eigenvalue weighted by molar-refractivity contribution is -0.0302. The smallest absolute Gasteiger partial charge is 0.164 e. The normalized spacial score (nSPS) is 15.7. The molecule has 1 unspecified atom stereocenters. The van der Waals surface area contributed by atoms with Crippen molar-refractivity contribution in [2.45, 2.75) is 13.0 Å². The fourth-order valence-electron chi connectivity index (χ4n) is 4.18. The van der Waals surface area contributed by atoms with Crippen molar-refractivity contribution in [3.05, 3.63) is 89.0 Å². The fraction of sp³-hybridized carbons (Fsp3) is 0.160. The summed E-state index contributed by atoms with van der Waals surface area (Å²) < 4.78 is 34.4. The molecule has 0 aliphatic carbocycles. The molecule has 6 heteroatoms. The second-order valence-electron chi connectivity index (χ2n) is 7.64. The first-order valence-corrected chi connectivity index (χ1v) is 9.91. The first-order chi connectivity index (χ1) is 15.0. The monoisotopic (exact) mass is 418 g/mol. The summed E-state index contributed by atoms with van der Waals surface area (Å²) in [5.41, 5.74) is 4.17. The van der Waals surface area contributed by atoms with Crippen molar-refractivity contribution < 1.29 is 18.4 Å². The molecule has 2 heterocycles. The number of benzene rings is 3. The van der Waals surface area contributed by atoms with Gasteiger partial charge in [0.1, 0.15) is 23.1 Å². The predicted molar refractivity (Wildman–Crippen MR) is 115 cm³/mol. The van der Waals surface area contributed by atoms with E-state index in [2.05, 4.69) is 4.98 Å². The summed E-state index contributed by atoms with van der Waals surface area (Å²) in [7, 11) is 3.38. The third kappa shape index (κ3) is 3.11. The van der Waals surface area contributed by atoms with Crippen LogP contribution in [0, 0.1) is 18.6 Å². The van der Waals surface area contributed by atoms with Crippen LogP contribution in [-0.4, -0.2) is 24.2 Å². The average molecular weight is 418 g/mol. The maximum Gasteiger partial charge on any atom is 0.164 e. The van der Waals surface area contributed by atoms with Gasteiger partial charge >= 0.3 is 0 Å². The SMILES string of the molecule is COc1ccccc1-c1nc2c(F)cc(F)cc2c2c1C(c1ccc(C)cc1)N(C)O2. The minimum atomic E-state index is -0.737. The van der Waals surface area contributed by atoms with Crippen LogP contribution in [-0.2, 0) is 0 Å². The molecule has 0 N–H and O–H groups in total. The van der Waals surface area contributed by atoms with Gasteiger partial charge in [0.25, 0.3) is 0 Å². The van der Waals surface area contributed by atoms with Crippen LogP contribution in [0.2, 0.25) is 0 Å². The van der Waals surface area contributed by atoms with Gasteiger partial charge in [-0.1, -0.05) is 42.0 Å². The summed E-state index contributed by atoms with van der Waals surface area (Å²) in [6, 6.07) is 17.3. The number of rotatable bonds is 3. The molecule has 0 bridgehead atoms. The number of ether oxygens (including phenoxy) is 1. The Morgan fingerprint density at radius 3 is 2.52 bits per heavy atom. The van der Waals surface area contributed by atoms with Crippen LogP contribution in [0.3, 0.4) is 0 Å². The Bertz CT molecular complexity index is 1310. The minimum Gasteiger partial charge on any atom is -0.496 e. The van der Waals surface area contributed by atoms with Gasteiger partial charge in [-0.05, 0) is 30.7 Å². The van der Waals surface area contributed by atoms with Crippen molar-refractivity contribution in [1.29, 1.82) is 0 Å². The molecule has 31 heavy (non-hydrogen) atoms. The summed E-state index contributed by atoms with van der Waals surface area (Å²) in [4.78, 5) is 10.7. The van der Waals surface area contributed by atoms with Gasteiger partial charge < -0.3 is 9.57 Å². The second kappa shape index (κ2) is 7.32. The molecule has 0 amide bonds. The van der Waals surface area contributed by atoms with Crippen molar-refractivity contribution in [2.75, 3.05) is 14.2 Å². The first-order valence-electron chi connectivity index (χ1n) is 9.91. The number of methoxy groups -OCH3 is 1. The van der Waals surface area contributed by atoms with E-state index < -0.39 is 11.6 Å². The standard InChI is InChI=1S/C25H20F2N2O2/c1-14-8-10-15(11-9-14)24-21-23(17-6-4-5-7-20(17)30-3)28-22-18(25(21)31-29(24)2)12-16(26)13-19(22)27/h4-13,24H,1-3H3. The molecule has 156 valence electrons. The molecule has 5 rings (SSSR count). The third-order valence-corrected chi connectivity index (χ3v) is 5.62. The summed E-state index contributed by atoms with van der Waals surface area (Å²) in [5.74, 6) is -0.406. The van der Waals surface area contributed by atoms with E-state index >= 15 is 0 Å². The highest BCUT2D eigenvalue weighted by Crippen LogP contribution is 2.50. The molecule has 0 radical (unpaired) electrons. The number of hydroxylamine groups is 2. The highest BCUT2D eigenvalue weighted by molar-refractivity contribution is 5.92. The molecule has 1 atom stereocenters. The topological polar surface area (TPSA) is 34.6 Å². The first kappa shape index (κ1) is 19.5. The largest absolute Gasteiger partial charge is 0.496 e. The molecule has 1 aliphatic rings. The summed E-state index contributed by atoms with van der Waals surface area (Å²) in [5, 5.41) is 1.99. The zero-order chi connectivity index (χ0) is 21.7.